The second-order valence-corrected chi connectivity index (χ2v) is 8.68. The number of likely N-dealkylation sites (tertiary alicyclic amines) is 1. The lowest BCUT2D eigenvalue weighted by atomic mass is 9.61. The van der Waals surface area contributed by atoms with Gasteiger partial charge >= 0.3 is 0 Å². The van der Waals surface area contributed by atoms with E-state index in [1.54, 1.807) is 17.0 Å². The van der Waals surface area contributed by atoms with Gasteiger partial charge in [0.1, 0.15) is 11.3 Å². The monoisotopic (exact) mass is 345 g/mol. The number of fused-ring (bicyclic) bond motifs is 1. The summed E-state index contributed by atoms with van der Waals surface area (Å²) < 4.78 is 0. The first-order valence-electron chi connectivity index (χ1n) is 8.66. The number of carbonyl (C=O) groups excluding carboxylic acids is 2. The highest BCUT2D eigenvalue weighted by atomic mass is 16.3. The van der Waals surface area contributed by atoms with E-state index in [1.807, 2.05) is 13.8 Å². The van der Waals surface area contributed by atoms with Gasteiger partial charge in [0, 0.05) is 25.1 Å². The maximum atomic E-state index is 12.5. The average Bonchev–Trinajstić information content (AvgIpc) is 3.04. The Morgan fingerprint density at radius 1 is 1.32 bits per heavy atom. The van der Waals surface area contributed by atoms with Gasteiger partial charge in [-0.15, -0.1) is 0 Å². The number of pyridine rings is 1. The van der Waals surface area contributed by atoms with Gasteiger partial charge in [-0.25, -0.2) is 0 Å². The van der Waals surface area contributed by atoms with Gasteiger partial charge in [-0.2, -0.15) is 0 Å². The molecule has 4 rings (SSSR count). The summed E-state index contributed by atoms with van der Waals surface area (Å²) in [4.78, 5) is 40.6. The molecule has 0 radical (unpaired) electrons. The quantitative estimate of drug-likeness (QED) is 0.731. The molecule has 0 aromatic carbocycles. The molecule has 3 N–H and O–H groups in total. The lowest BCUT2D eigenvalue weighted by Gasteiger charge is -2.48. The van der Waals surface area contributed by atoms with Crippen LogP contribution in [0.1, 0.15) is 43.6 Å². The number of nitrogens with one attached hydrogen (secondary N) is 2. The van der Waals surface area contributed by atoms with Gasteiger partial charge in [-0.1, -0.05) is 19.9 Å². The Labute approximate surface area is 145 Å². The van der Waals surface area contributed by atoms with Crippen molar-refractivity contribution in [1.29, 1.82) is 0 Å². The summed E-state index contributed by atoms with van der Waals surface area (Å²) in [5.41, 5.74) is -1.77. The fraction of sp³-hybridized carbons (Fsp3) is 0.611. The summed E-state index contributed by atoms with van der Waals surface area (Å²) >= 11 is 0. The van der Waals surface area contributed by atoms with Crippen LogP contribution < -0.4 is 10.9 Å². The highest BCUT2D eigenvalue weighted by Crippen LogP contribution is 2.52. The van der Waals surface area contributed by atoms with Crippen LogP contribution in [-0.2, 0) is 4.79 Å². The van der Waals surface area contributed by atoms with E-state index < -0.39 is 11.1 Å². The molecule has 2 atom stereocenters. The van der Waals surface area contributed by atoms with Gasteiger partial charge in [0.05, 0.1) is 5.54 Å². The zero-order chi connectivity index (χ0) is 18.0. The van der Waals surface area contributed by atoms with E-state index >= 15 is 0 Å². The molecule has 1 aliphatic heterocycles. The van der Waals surface area contributed by atoms with Crippen LogP contribution in [0.3, 0.4) is 0 Å². The minimum Gasteiger partial charge on any atom is -0.380 e. The van der Waals surface area contributed by atoms with Crippen LogP contribution in [0.25, 0.3) is 0 Å². The molecule has 2 amide bonds. The van der Waals surface area contributed by atoms with Gasteiger partial charge in [-0.3, -0.25) is 14.4 Å². The van der Waals surface area contributed by atoms with E-state index in [0.717, 1.165) is 6.42 Å². The van der Waals surface area contributed by atoms with Gasteiger partial charge in [-0.05, 0) is 30.7 Å². The van der Waals surface area contributed by atoms with Crippen LogP contribution >= 0.6 is 0 Å². The molecule has 2 saturated carbocycles. The number of aromatic amines is 1. The molecule has 1 saturated heterocycles. The van der Waals surface area contributed by atoms with E-state index in [-0.39, 0.29) is 34.4 Å². The number of H-pyrrole nitrogens is 1. The molecule has 2 heterocycles. The summed E-state index contributed by atoms with van der Waals surface area (Å²) in [6.07, 6.45) is 1.74. The third-order valence-electron chi connectivity index (χ3n) is 5.76. The van der Waals surface area contributed by atoms with Gasteiger partial charge < -0.3 is 20.3 Å². The van der Waals surface area contributed by atoms with Crippen molar-refractivity contribution in [3.8, 4) is 0 Å². The number of amides is 2. The van der Waals surface area contributed by atoms with Crippen molar-refractivity contribution in [3.05, 3.63) is 34.2 Å². The lowest BCUT2D eigenvalue weighted by Crippen LogP contribution is -2.61. The van der Waals surface area contributed by atoms with Crippen molar-refractivity contribution in [2.45, 2.75) is 44.2 Å². The molecule has 2 aliphatic carbocycles. The Bertz CT molecular complexity index is 807. The minimum absolute atomic E-state index is 0.0103. The predicted octanol–water partition coefficient (Wildman–Crippen LogP) is 0.257. The number of carbonyl (C=O) groups is 2. The summed E-state index contributed by atoms with van der Waals surface area (Å²) in [5, 5.41) is 13.5. The Balaban J connectivity index is 1.42. The largest absolute Gasteiger partial charge is 0.380 e. The molecule has 7 heteroatoms. The summed E-state index contributed by atoms with van der Waals surface area (Å²) in [7, 11) is 0. The SMILES string of the molecule is CC1(C)CC(O)(C(=O)N[C@]23C[C@H]2CN(C(=O)c2cccc(=O)[nH]2)C3)C1. The highest BCUT2D eigenvalue weighted by Gasteiger charge is 2.64. The standard InChI is InChI=1S/C18H23N3O4/c1-16(2)8-18(25,9-16)15(24)20-17-6-11(17)7-21(10-17)14(23)12-4-3-5-13(22)19-12/h3-5,11,25H,6-10H2,1-2H3,(H,19,22)(H,20,24)/t11-,17-/m0/s1. The molecule has 0 unspecified atom stereocenters. The summed E-state index contributed by atoms with van der Waals surface area (Å²) in [6, 6.07) is 4.49. The third-order valence-corrected chi connectivity index (χ3v) is 5.76. The molecular formula is C18H23N3O4. The molecule has 134 valence electrons. The smallest absolute Gasteiger partial charge is 0.270 e. The molecule has 25 heavy (non-hydrogen) atoms. The van der Waals surface area contributed by atoms with Crippen molar-refractivity contribution in [3.63, 3.8) is 0 Å². The molecule has 7 nitrogen and oxygen atoms in total. The average molecular weight is 345 g/mol. The number of hydrogen-bond acceptors (Lipinski definition) is 4. The number of aromatic nitrogens is 1. The van der Waals surface area contributed by atoms with E-state index in [9.17, 15) is 19.5 Å². The maximum absolute atomic E-state index is 12.5. The summed E-state index contributed by atoms with van der Waals surface area (Å²) in [6.45, 7) is 5.03. The van der Waals surface area contributed by atoms with Crippen molar-refractivity contribution in [2.24, 2.45) is 11.3 Å². The minimum atomic E-state index is -1.28. The molecule has 0 bridgehead atoms. The molecular weight excluding hydrogens is 322 g/mol. The van der Waals surface area contributed by atoms with Crippen molar-refractivity contribution in [2.75, 3.05) is 13.1 Å². The normalized spacial score (nSPS) is 31.0. The highest BCUT2D eigenvalue weighted by molar-refractivity contribution is 5.93. The molecule has 1 aromatic rings. The van der Waals surface area contributed by atoms with Crippen molar-refractivity contribution < 1.29 is 14.7 Å². The van der Waals surface area contributed by atoms with Gasteiger partial charge in [0.2, 0.25) is 5.56 Å². The van der Waals surface area contributed by atoms with E-state index in [2.05, 4.69) is 10.3 Å². The van der Waals surface area contributed by atoms with Crippen LogP contribution in [-0.4, -0.2) is 51.0 Å². The zero-order valence-corrected chi connectivity index (χ0v) is 14.5. The first-order valence-corrected chi connectivity index (χ1v) is 8.66. The van der Waals surface area contributed by atoms with Gasteiger partial charge in [0.25, 0.3) is 11.8 Å². The molecule has 1 aromatic heterocycles. The number of rotatable bonds is 3. The topological polar surface area (TPSA) is 102 Å². The lowest BCUT2D eigenvalue weighted by molar-refractivity contribution is -0.165. The second-order valence-electron chi connectivity index (χ2n) is 8.68. The van der Waals surface area contributed by atoms with Crippen molar-refractivity contribution >= 4 is 11.8 Å². The first-order chi connectivity index (χ1) is 11.6. The van der Waals surface area contributed by atoms with Crippen LogP contribution in [0.5, 0.6) is 0 Å². The zero-order valence-electron chi connectivity index (χ0n) is 14.5. The van der Waals surface area contributed by atoms with Gasteiger partial charge in [0.15, 0.2) is 0 Å². The van der Waals surface area contributed by atoms with E-state index in [4.69, 9.17) is 0 Å². The van der Waals surface area contributed by atoms with Crippen LogP contribution in [0.2, 0.25) is 0 Å². The van der Waals surface area contributed by atoms with Crippen LogP contribution in [0.4, 0.5) is 0 Å². The predicted molar refractivity (Wildman–Crippen MR) is 89.9 cm³/mol. The summed E-state index contributed by atoms with van der Waals surface area (Å²) in [5.74, 6) is -0.341. The Morgan fingerprint density at radius 3 is 2.68 bits per heavy atom. The fourth-order valence-electron chi connectivity index (χ4n) is 4.61. The fourth-order valence-corrected chi connectivity index (χ4v) is 4.61. The Morgan fingerprint density at radius 2 is 2.04 bits per heavy atom. The Kier molecular flexibility index (Phi) is 3.23. The van der Waals surface area contributed by atoms with E-state index in [1.165, 1.54) is 6.07 Å². The molecule has 3 aliphatic rings. The molecule has 3 fully saturated rings. The number of aliphatic hydroxyl groups is 1. The first kappa shape index (κ1) is 16.3. The number of hydrogen-bond donors (Lipinski definition) is 3. The molecule has 0 spiro atoms. The number of piperidine rings is 1. The van der Waals surface area contributed by atoms with E-state index in [0.29, 0.717) is 25.9 Å². The second kappa shape index (κ2) is 4.94. The number of nitrogens with zero attached hydrogens (tertiary/aromatic N) is 1. The van der Waals surface area contributed by atoms with Crippen LogP contribution in [0, 0.1) is 11.3 Å². The van der Waals surface area contributed by atoms with Crippen molar-refractivity contribution in [1.82, 2.24) is 15.2 Å². The third kappa shape index (κ3) is 2.66. The van der Waals surface area contributed by atoms with Crippen LogP contribution in [0.15, 0.2) is 23.0 Å². The Hall–Kier alpha value is -2.15. The maximum Gasteiger partial charge on any atom is 0.270 e.